The lowest BCUT2D eigenvalue weighted by atomic mass is 9.91. The van der Waals surface area contributed by atoms with Crippen molar-refractivity contribution in [3.8, 4) is 11.5 Å². The molecule has 1 unspecified atom stereocenters. The van der Waals surface area contributed by atoms with Crippen molar-refractivity contribution < 1.29 is 27.8 Å². The first kappa shape index (κ1) is 17.6. The number of ether oxygens (including phenoxy) is 2. The van der Waals surface area contributed by atoms with Crippen molar-refractivity contribution in [2.75, 3.05) is 7.11 Å². The summed E-state index contributed by atoms with van der Waals surface area (Å²) in [6.45, 7) is 3.76. The zero-order valence-electron chi connectivity index (χ0n) is 12.1. The van der Waals surface area contributed by atoms with E-state index in [-0.39, 0.29) is 11.7 Å². The molecule has 0 saturated carbocycles. The summed E-state index contributed by atoms with van der Waals surface area (Å²) >= 11 is 0. The molecule has 0 amide bonds. The van der Waals surface area contributed by atoms with Crippen LogP contribution in [0.2, 0.25) is 0 Å². The molecule has 7 heteroatoms. The molecule has 4 nitrogen and oxygen atoms in total. The molecular weight excluding hydrogens is 287 g/mol. The van der Waals surface area contributed by atoms with Crippen molar-refractivity contribution in [3.05, 3.63) is 23.8 Å². The number of aliphatic hydroxyl groups is 1. The van der Waals surface area contributed by atoms with Crippen molar-refractivity contribution in [2.45, 2.75) is 38.8 Å². The number of rotatable bonds is 6. The van der Waals surface area contributed by atoms with Gasteiger partial charge in [0.05, 0.1) is 19.3 Å². The van der Waals surface area contributed by atoms with Crippen molar-refractivity contribution >= 4 is 0 Å². The van der Waals surface area contributed by atoms with Crippen LogP contribution in [0.3, 0.4) is 0 Å². The first-order valence-corrected chi connectivity index (χ1v) is 6.57. The maximum Gasteiger partial charge on any atom is 0.573 e. The van der Waals surface area contributed by atoms with Crippen LogP contribution in [-0.2, 0) is 0 Å². The van der Waals surface area contributed by atoms with Gasteiger partial charge in [0.2, 0.25) is 0 Å². The third-order valence-electron chi connectivity index (χ3n) is 3.39. The summed E-state index contributed by atoms with van der Waals surface area (Å²) in [5.41, 5.74) is 6.41. The van der Waals surface area contributed by atoms with E-state index in [1.165, 1.54) is 13.2 Å². The number of hydrogen-bond acceptors (Lipinski definition) is 4. The van der Waals surface area contributed by atoms with E-state index in [2.05, 4.69) is 4.74 Å². The normalized spacial score (nSPS) is 16.2. The third-order valence-corrected chi connectivity index (χ3v) is 3.39. The number of aliphatic hydroxyl groups excluding tert-OH is 1. The predicted molar refractivity (Wildman–Crippen MR) is 72.1 cm³/mol. The molecule has 0 saturated heterocycles. The summed E-state index contributed by atoms with van der Waals surface area (Å²) in [7, 11) is 1.32. The van der Waals surface area contributed by atoms with Crippen molar-refractivity contribution in [1.29, 1.82) is 0 Å². The van der Waals surface area contributed by atoms with Gasteiger partial charge in [0, 0.05) is 11.6 Å². The topological polar surface area (TPSA) is 64.7 Å². The molecule has 3 atom stereocenters. The number of methoxy groups -OCH3 is 1. The van der Waals surface area contributed by atoms with Crippen LogP contribution in [0.4, 0.5) is 13.2 Å². The minimum atomic E-state index is -4.77. The molecule has 120 valence electrons. The molecule has 0 fully saturated rings. The number of alkyl halides is 3. The summed E-state index contributed by atoms with van der Waals surface area (Å²) in [4.78, 5) is 0. The molecule has 1 aromatic carbocycles. The van der Waals surface area contributed by atoms with Gasteiger partial charge in [0.1, 0.15) is 11.5 Å². The van der Waals surface area contributed by atoms with Gasteiger partial charge in [-0.3, -0.25) is 0 Å². The Kier molecular flexibility index (Phi) is 5.86. The first-order chi connectivity index (χ1) is 9.69. The van der Waals surface area contributed by atoms with Crippen molar-refractivity contribution in [2.24, 2.45) is 11.7 Å². The summed E-state index contributed by atoms with van der Waals surface area (Å²) in [5, 5.41) is 10.1. The van der Waals surface area contributed by atoms with E-state index in [1.807, 2.05) is 13.8 Å². The Bertz CT molecular complexity index is 465. The number of nitrogens with two attached hydrogens (primary N) is 1. The molecule has 1 aromatic rings. The van der Waals surface area contributed by atoms with Gasteiger partial charge in [-0.2, -0.15) is 0 Å². The minimum Gasteiger partial charge on any atom is -0.496 e. The van der Waals surface area contributed by atoms with Crippen LogP contribution in [0.15, 0.2) is 18.2 Å². The van der Waals surface area contributed by atoms with Crippen LogP contribution in [-0.4, -0.2) is 24.7 Å². The van der Waals surface area contributed by atoms with Gasteiger partial charge in [0.25, 0.3) is 0 Å². The Labute approximate surface area is 121 Å². The molecule has 1 rings (SSSR count). The van der Waals surface area contributed by atoms with Gasteiger partial charge >= 0.3 is 6.36 Å². The van der Waals surface area contributed by atoms with Gasteiger partial charge in [-0.15, -0.1) is 13.2 Å². The maximum atomic E-state index is 12.2. The second-order valence-corrected chi connectivity index (χ2v) is 4.85. The number of halogens is 3. The highest BCUT2D eigenvalue weighted by Gasteiger charge is 2.32. The largest absolute Gasteiger partial charge is 0.573 e. The first-order valence-electron chi connectivity index (χ1n) is 6.57. The second kappa shape index (κ2) is 7.00. The fraction of sp³-hybridized carbons (Fsp3) is 0.571. The van der Waals surface area contributed by atoms with E-state index in [9.17, 15) is 18.3 Å². The lowest BCUT2D eigenvalue weighted by molar-refractivity contribution is -0.274. The van der Waals surface area contributed by atoms with Crippen molar-refractivity contribution in [3.63, 3.8) is 0 Å². The van der Waals surface area contributed by atoms with Crippen LogP contribution in [0.25, 0.3) is 0 Å². The lowest BCUT2D eigenvalue weighted by Crippen LogP contribution is -2.31. The van der Waals surface area contributed by atoms with Gasteiger partial charge < -0.3 is 20.3 Å². The maximum absolute atomic E-state index is 12.2. The van der Waals surface area contributed by atoms with E-state index < -0.39 is 24.3 Å². The Morgan fingerprint density at radius 1 is 1.33 bits per heavy atom. The summed E-state index contributed by atoms with van der Waals surface area (Å²) in [5.74, 6) is -0.296. The Morgan fingerprint density at radius 2 is 1.95 bits per heavy atom. The van der Waals surface area contributed by atoms with Crippen LogP contribution < -0.4 is 15.2 Å². The monoisotopic (exact) mass is 307 g/mol. The molecule has 0 aromatic heterocycles. The van der Waals surface area contributed by atoms with Crippen LogP contribution in [0.5, 0.6) is 11.5 Å². The number of hydrogen-bond donors (Lipinski definition) is 2. The highest BCUT2D eigenvalue weighted by Crippen LogP contribution is 2.33. The van der Waals surface area contributed by atoms with Gasteiger partial charge in [-0.1, -0.05) is 20.3 Å². The molecule has 0 aliphatic carbocycles. The van der Waals surface area contributed by atoms with E-state index in [0.717, 1.165) is 18.6 Å². The summed E-state index contributed by atoms with van der Waals surface area (Å²) in [6, 6.07) is 2.87. The second-order valence-electron chi connectivity index (χ2n) is 4.85. The van der Waals surface area contributed by atoms with Crippen LogP contribution in [0, 0.1) is 5.92 Å². The van der Waals surface area contributed by atoms with Gasteiger partial charge in [-0.25, -0.2) is 0 Å². The lowest BCUT2D eigenvalue weighted by Gasteiger charge is -2.25. The van der Waals surface area contributed by atoms with Gasteiger partial charge in [-0.05, 0) is 18.1 Å². The van der Waals surface area contributed by atoms with Crippen molar-refractivity contribution in [1.82, 2.24) is 0 Å². The Hall–Kier alpha value is -1.47. The van der Waals surface area contributed by atoms with Crippen LogP contribution >= 0.6 is 0 Å². The minimum absolute atomic E-state index is 0.0455. The molecule has 0 spiro atoms. The zero-order chi connectivity index (χ0) is 16.2. The van der Waals surface area contributed by atoms with E-state index in [0.29, 0.717) is 5.56 Å². The van der Waals surface area contributed by atoms with E-state index >= 15 is 0 Å². The average Bonchev–Trinajstić information content (AvgIpc) is 2.42. The smallest absolute Gasteiger partial charge is 0.496 e. The van der Waals surface area contributed by atoms with E-state index in [4.69, 9.17) is 10.5 Å². The predicted octanol–water partition coefficient (Wildman–Crippen LogP) is 3.00. The molecule has 0 heterocycles. The summed E-state index contributed by atoms with van der Waals surface area (Å²) < 4.78 is 45.4. The zero-order valence-corrected chi connectivity index (χ0v) is 12.1. The number of benzene rings is 1. The molecule has 0 radical (unpaired) electrons. The average molecular weight is 307 g/mol. The third kappa shape index (κ3) is 4.78. The van der Waals surface area contributed by atoms with E-state index in [1.54, 1.807) is 0 Å². The molecule has 0 aliphatic rings. The quantitative estimate of drug-likeness (QED) is 0.848. The highest BCUT2D eigenvalue weighted by atomic mass is 19.4. The Balaban J connectivity index is 3.03. The van der Waals surface area contributed by atoms with Crippen LogP contribution in [0.1, 0.15) is 31.9 Å². The fourth-order valence-electron chi connectivity index (χ4n) is 1.94. The molecule has 0 aliphatic heterocycles. The van der Waals surface area contributed by atoms with Gasteiger partial charge in [0.15, 0.2) is 0 Å². The molecular formula is C14H20F3NO3. The molecule has 0 bridgehead atoms. The standard InChI is InChI=1S/C14H20F3NO3/c1-4-8(2)13(19)12(18)10-6-5-9(7-11(10)20-3)21-14(15,16)17/h5-8,12-13,19H,4,18H2,1-3H3/t8?,12-,13+/m1/s1. The highest BCUT2D eigenvalue weighted by molar-refractivity contribution is 5.43. The Morgan fingerprint density at radius 3 is 2.43 bits per heavy atom. The summed E-state index contributed by atoms with van der Waals surface area (Å²) in [6.07, 6.45) is -4.87. The molecule has 21 heavy (non-hydrogen) atoms. The molecule has 3 N–H and O–H groups in total. The fourth-order valence-corrected chi connectivity index (χ4v) is 1.94. The SMILES string of the molecule is CCC(C)[C@H](O)[C@H](N)c1ccc(OC(F)(F)F)cc1OC.